The number of nitrogens with one attached hydrogen (secondary N) is 2. The summed E-state index contributed by atoms with van der Waals surface area (Å²) in [5, 5.41) is 11.1. The molecular formula is C18H16BrN3O. The van der Waals surface area contributed by atoms with Gasteiger partial charge in [0.2, 0.25) is 0 Å². The lowest BCUT2D eigenvalue weighted by atomic mass is 9.87. The molecule has 4 nitrogen and oxygen atoms in total. The number of carbonyl (C=O) groups is 1. The quantitative estimate of drug-likeness (QED) is 0.713. The Balaban J connectivity index is 1.61. The molecule has 1 amide bonds. The van der Waals surface area contributed by atoms with Gasteiger partial charge in [-0.1, -0.05) is 24.3 Å². The van der Waals surface area contributed by atoms with Crippen LogP contribution in [0.15, 0.2) is 47.1 Å². The van der Waals surface area contributed by atoms with Crippen molar-refractivity contribution in [3.63, 3.8) is 0 Å². The third kappa shape index (κ3) is 2.65. The molecule has 23 heavy (non-hydrogen) atoms. The van der Waals surface area contributed by atoms with Crippen molar-refractivity contribution in [2.24, 2.45) is 0 Å². The standard InChI is InChI=1S/C18H16BrN3O/c19-17-14-10-12(8-9-16(14)21-22-17)18(23)20-15-7-3-5-11-4-1-2-6-13(11)15/h1-2,4,6,8-10,15H,3,5,7H2,(H,20,23)(H,21,22). The van der Waals surface area contributed by atoms with Crippen LogP contribution in [-0.2, 0) is 6.42 Å². The lowest BCUT2D eigenvalue weighted by Gasteiger charge is -2.26. The fraction of sp³-hybridized carbons (Fsp3) is 0.222. The van der Waals surface area contributed by atoms with Crippen LogP contribution in [0.3, 0.4) is 0 Å². The average molecular weight is 370 g/mol. The van der Waals surface area contributed by atoms with Crippen molar-refractivity contribution in [1.82, 2.24) is 15.5 Å². The molecule has 4 rings (SSSR count). The molecule has 1 heterocycles. The van der Waals surface area contributed by atoms with E-state index < -0.39 is 0 Å². The number of hydrogen-bond acceptors (Lipinski definition) is 2. The van der Waals surface area contributed by atoms with Crippen LogP contribution >= 0.6 is 15.9 Å². The highest BCUT2D eigenvalue weighted by Crippen LogP contribution is 2.30. The second-order valence-electron chi connectivity index (χ2n) is 5.89. The maximum atomic E-state index is 12.6. The Morgan fingerprint density at radius 3 is 3.04 bits per heavy atom. The highest BCUT2D eigenvalue weighted by Gasteiger charge is 2.22. The summed E-state index contributed by atoms with van der Waals surface area (Å²) >= 11 is 3.42. The van der Waals surface area contributed by atoms with Gasteiger partial charge in [-0.25, -0.2) is 0 Å². The lowest BCUT2D eigenvalue weighted by Crippen LogP contribution is -2.30. The first kappa shape index (κ1) is 14.5. The largest absolute Gasteiger partial charge is 0.345 e. The minimum Gasteiger partial charge on any atom is -0.345 e. The molecule has 116 valence electrons. The molecule has 0 radical (unpaired) electrons. The summed E-state index contributed by atoms with van der Waals surface area (Å²) in [5.74, 6) is -0.0401. The zero-order valence-electron chi connectivity index (χ0n) is 12.5. The Bertz CT molecular complexity index is 887. The lowest BCUT2D eigenvalue weighted by molar-refractivity contribution is 0.0933. The number of H-pyrrole nitrogens is 1. The molecule has 1 aliphatic rings. The summed E-state index contributed by atoms with van der Waals surface area (Å²) in [5.41, 5.74) is 4.09. The molecule has 3 aromatic rings. The maximum Gasteiger partial charge on any atom is 0.251 e. The fourth-order valence-corrected chi connectivity index (χ4v) is 3.67. The highest BCUT2D eigenvalue weighted by atomic mass is 79.9. The number of carbonyl (C=O) groups excluding carboxylic acids is 1. The van der Waals surface area contributed by atoms with Crippen LogP contribution in [0.25, 0.3) is 10.9 Å². The van der Waals surface area contributed by atoms with Gasteiger partial charge in [-0.05, 0) is 64.5 Å². The van der Waals surface area contributed by atoms with Crippen LogP contribution < -0.4 is 5.32 Å². The Morgan fingerprint density at radius 2 is 2.13 bits per heavy atom. The van der Waals surface area contributed by atoms with Crippen molar-refractivity contribution < 1.29 is 4.79 Å². The van der Waals surface area contributed by atoms with Gasteiger partial charge in [0.1, 0.15) is 4.60 Å². The van der Waals surface area contributed by atoms with E-state index in [1.807, 2.05) is 24.3 Å². The summed E-state index contributed by atoms with van der Waals surface area (Å²) in [6, 6.07) is 14.0. The van der Waals surface area contributed by atoms with E-state index >= 15 is 0 Å². The number of aryl methyl sites for hydroxylation is 1. The first-order valence-electron chi connectivity index (χ1n) is 7.74. The summed E-state index contributed by atoms with van der Waals surface area (Å²) in [6.45, 7) is 0. The predicted octanol–water partition coefficient (Wildman–Crippen LogP) is 4.13. The second kappa shape index (κ2) is 5.81. The van der Waals surface area contributed by atoms with E-state index in [0.29, 0.717) is 5.56 Å². The van der Waals surface area contributed by atoms with Gasteiger partial charge in [-0.3, -0.25) is 9.89 Å². The third-order valence-corrected chi connectivity index (χ3v) is 5.05. The first-order chi connectivity index (χ1) is 11.2. The maximum absolute atomic E-state index is 12.6. The molecule has 0 bridgehead atoms. The third-order valence-electron chi connectivity index (χ3n) is 4.44. The summed E-state index contributed by atoms with van der Waals surface area (Å²) in [4.78, 5) is 12.6. The van der Waals surface area contributed by atoms with Gasteiger partial charge in [-0.2, -0.15) is 5.10 Å². The molecule has 5 heteroatoms. The normalized spacial score (nSPS) is 17.0. The molecule has 1 unspecified atom stereocenters. The number of benzene rings is 2. The number of aromatic nitrogens is 2. The van der Waals surface area contributed by atoms with Crippen LogP contribution in [-0.4, -0.2) is 16.1 Å². The monoisotopic (exact) mass is 369 g/mol. The number of nitrogens with zero attached hydrogens (tertiary/aromatic N) is 1. The first-order valence-corrected chi connectivity index (χ1v) is 8.54. The topological polar surface area (TPSA) is 57.8 Å². The van der Waals surface area contributed by atoms with Crippen molar-refractivity contribution >= 4 is 32.7 Å². The van der Waals surface area contributed by atoms with E-state index in [9.17, 15) is 4.79 Å². The van der Waals surface area contributed by atoms with E-state index in [-0.39, 0.29) is 11.9 Å². The molecule has 1 atom stereocenters. The van der Waals surface area contributed by atoms with Gasteiger partial charge >= 0.3 is 0 Å². The molecule has 0 saturated carbocycles. The van der Waals surface area contributed by atoms with Crippen molar-refractivity contribution in [3.05, 3.63) is 63.8 Å². The molecule has 2 N–H and O–H groups in total. The summed E-state index contributed by atoms with van der Waals surface area (Å²) in [6.07, 6.45) is 3.19. The van der Waals surface area contributed by atoms with Crippen molar-refractivity contribution in [3.8, 4) is 0 Å². The van der Waals surface area contributed by atoms with Gasteiger partial charge in [0.15, 0.2) is 0 Å². The molecule has 0 saturated heterocycles. The number of amides is 1. The van der Waals surface area contributed by atoms with Gasteiger partial charge < -0.3 is 5.32 Å². The number of rotatable bonds is 2. The molecule has 0 aliphatic heterocycles. The van der Waals surface area contributed by atoms with Gasteiger partial charge in [0, 0.05) is 10.9 Å². The summed E-state index contributed by atoms with van der Waals surface area (Å²) < 4.78 is 0.796. The number of fused-ring (bicyclic) bond motifs is 2. The minimum absolute atomic E-state index is 0.0401. The zero-order valence-corrected chi connectivity index (χ0v) is 14.1. The molecular weight excluding hydrogens is 354 g/mol. The molecule has 2 aromatic carbocycles. The van der Waals surface area contributed by atoms with E-state index in [1.165, 1.54) is 11.1 Å². The summed E-state index contributed by atoms with van der Waals surface area (Å²) in [7, 11) is 0. The Labute approximate surface area is 142 Å². The van der Waals surface area contributed by atoms with E-state index in [2.05, 4.69) is 49.6 Å². The SMILES string of the molecule is O=C(NC1CCCc2ccccc21)c1ccc2n[nH]c(Br)c2c1. The Morgan fingerprint density at radius 1 is 1.26 bits per heavy atom. The van der Waals surface area contributed by atoms with E-state index in [0.717, 1.165) is 34.8 Å². The number of aromatic amines is 1. The highest BCUT2D eigenvalue weighted by molar-refractivity contribution is 9.10. The van der Waals surface area contributed by atoms with Crippen LogP contribution in [0, 0.1) is 0 Å². The smallest absolute Gasteiger partial charge is 0.251 e. The van der Waals surface area contributed by atoms with Crippen LogP contribution in [0.4, 0.5) is 0 Å². The van der Waals surface area contributed by atoms with Gasteiger partial charge in [-0.15, -0.1) is 0 Å². The Kier molecular flexibility index (Phi) is 3.65. The molecule has 1 aliphatic carbocycles. The van der Waals surface area contributed by atoms with Gasteiger partial charge in [0.25, 0.3) is 5.91 Å². The second-order valence-corrected chi connectivity index (χ2v) is 6.68. The zero-order chi connectivity index (χ0) is 15.8. The minimum atomic E-state index is -0.0401. The number of halogens is 1. The predicted molar refractivity (Wildman–Crippen MR) is 93.4 cm³/mol. The van der Waals surface area contributed by atoms with E-state index in [4.69, 9.17) is 0 Å². The van der Waals surface area contributed by atoms with E-state index in [1.54, 1.807) is 0 Å². The molecule has 1 aromatic heterocycles. The average Bonchev–Trinajstić information content (AvgIpc) is 2.96. The van der Waals surface area contributed by atoms with Crippen LogP contribution in [0.1, 0.15) is 40.4 Å². The molecule has 0 fully saturated rings. The van der Waals surface area contributed by atoms with Crippen molar-refractivity contribution in [2.75, 3.05) is 0 Å². The van der Waals surface area contributed by atoms with Crippen molar-refractivity contribution in [2.45, 2.75) is 25.3 Å². The number of hydrogen-bond donors (Lipinski definition) is 2. The fourth-order valence-electron chi connectivity index (χ4n) is 3.27. The van der Waals surface area contributed by atoms with Crippen LogP contribution in [0.5, 0.6) is 0 Å². The van der Waals surface area contributed by atoms with Crippen molar-refractivity contribution in [1.29, 1.82) is 0 Å². The molecule has 0 spiro atoms. The van der Waals surface area contributed by atoms with Crippen LogP contribution in [0.2, 0.25) is 0 Å². The van der Waals surface area contributed by atoms with Gasteiger partial charge in [0.05, 0.1) is 11.6 Å². The Hall–Kier alpha value is -2.14.